The van der Waals surface area contributed by atoms with Crippen LogP contribution < -0.4 is 0 Å². The molecule has 0 radical (unpaired) electrons. The van der Waals surface area contributed by atoms with E-state index in [1.807, 2.05) is 24.5 Å². The number of hydrogen-bond donors (Lipinski definition) is 0. The minimum absolute atomic E-state index is 0.000778. The van der Waals surface area contributed by atoms with Crippen molar-refractivity contribution in [3.05, 3.63) is 47.6 Å². The molecule has 0 saturated carbocycles. The maximum atomic E-state index is 5.80. The van der Waals surface area contributed by atoms with E-state index < -0.39 is 0 Å². The Hall–Kier alpha value is -1.88. The normalized spacial score (nSPS) is 12.3. The van der Waals surface area contributed by atoms with Crippen LogP contribution in [0, 0.1) is 0 Å². The SMILES string of the molecule is CC(C)(C)c1nccc(CCCCOCCCCc2ccnc(C(C)(C)C)n2)n1. The van der Waals surface area contributed by atoms with Gasteiger partial charge in [-0.25, -0.2) is 19.9 Å². The summed E-state index contributed by atoms with van der Waals surface area (Å²) in [5.41, 5.74) is 2.26. The van der Waals surface area contributed by atoms with Crippen molar-refractivity contribution in [3.63, 3.8) is 0 Å². The molecule has 0 aliphatic heterocycles. The third-order valence-corrected chi connectivity index (χ3v) is 4.71. The Morgan fingerprint density at radius 3 is 1.45 bits per heavy atom. The van der Waals surface area contributed by atoms with E-state index >= 15 is 0 Å². The number of hydrogen-bond acceptors (Lipinski definition) is 5. The van der Waals surface area contributed by atoms with Crippen molar-refractivity contribution in [1.29, 1.82) is 0 Å². The summed E-state index contributed by atoms with van der Waals surface area (Å²) in [5.74, 6) is 1.84. The Kier molecular flexibility index (Phi) is 8.69. The van der Waals surface area contributed by atoms with Gasteiger partial charge in [0.05, 0.1) is 0 Å². The Balaban J connectivity index is 1.56. The predicted molar refractivity (Wildman–Crippen MR) is 118 cm³/mol. The van der Waals surface area contributed by atoms with Gasteiger partial charge in [-0.2, -0.15) is 0 Å². The van der Waals surface area contributed by atoms with E-state index in [9.17, 15) is 0 Å². The van der Waals surface area contributed by atoms with Gasteiger partial charge in [-0.1, -0.05) is 41.5 Å². The van der Waals surface area contributed by atoms with Gasteiger partial charge < -0.3 is 4.74 Å². The minimum atomic E-state index is -0.000778. The zero-order valence-corrected chi connectivity index (χ0v) is 19.2. The zero-order valence-electron chi connectivity index (χ0n) is 19.2. The molecule has 29 heavy (non-hydrogen) atoms. The van der Waals surface area contributed by atoms with Gasteiger partial charge in [0.1, 0.15) is 11.6 Å². The van der Waals surface area contributed by atoms with Gasteiger partial charge in [0, 0.05) is 47.8 Å². The number of aryl methyl sites for hydroxylation is 2. The van der Waals surface area contributed by atoms with E-state index in [2.05, 4.69) is 51.5 Å². The smallest absolute Gasteiger partial charge is 0.133 e. The molecule has 2 aromatic heterocycles. The number of rotatable bonds is 10. The van der Waals surface area contributed by atoms with E-state index in [1.165, 1.54) is 0 Å². The lowest BCUT2D eigenvalue weighted by Gasteiger charge is -2.16. The Bertz CT molecular complexity index is 684. The monoisotopic (exact) mass is 398 g/mol. The van der Waals surface area contributed by atoms with E-state index in [-0.39, 0.29) is 10.8 Å². The van der Waals surface area contributed by atoms with Crippen LogP contribution in [0.1, 0.15) is 90.3 Å². The minimum Gasteiger partial charge on any atom is -0.381 e. The van der Waals surface area contributed by atoms with Gasteiger partial charge in [0.2, 0.25) is 0 Å². The molecule has 0 spiro atoms. The summed E-state index contributed by atoms with van der Waals surface area (Å²) in [6, 6.07) is 4.04. The number of nitrogens with zero attached hydrogens (tertiary/aromatic N) is 4. The molecule has 0 fully saturated rings. The van der Waals surface area contributed by atoms with E-state index in [4.69, 9.17) is 14.7 Å². The molecule has 0 atom stereocenters. The van der Waals surface area contributed by atoms with Crippen LogP contribution in [0.25, 0.3) is 0 Å². The lowest BCUT2D eigenvalue weighted by molar-refractivity contribution is 0.126. The van der Waals surface area contributed by atoms with Crippen molar-refractivity contribution in [3.8, 4) is 0 Å². The molecule has 0 amide bonds. The lowest BCUT2D eigenvalue weighted by Crippen LogP contribution is -2.16. The summed E-state index contributed by atoms with van der Waals surface area (Å²) in [5, 5.41) is 0. The highest BCUT2D eigenvalue weighted by molar-refractivity contribution is 5.09. The molecule has 0 aromatic carbocycles. The standard InChI is InChI=1S/C24H38N4O/c1-23(2,3)21-25-15-13-19(27-21)11-7-9-17-29-18-10-8-12-20-14-16-26-22(28-20)24(4,5)6/h13-16H,7-12,17-18H2,1-6H3. The fourth-order valence-electron chi connectivity index (χ4n) is 2.92. The topological polar surface area (TPSA) is 60.8 Å². The Labute approximate surface area is 176 Å². The average Bonchev–Trinajstić information content (AvgIpc) is 2.66. The maximum Gasteiger partial charge on any atom is 0.133 e. The molecule has 160 valence electrons. The van der Waals surface area contributed by atoms with Crippen LogP contribution in [-0.2, 0) is 28.4 Å². The van der Waals surface area contributed by atoms with Gasteiger partial charge >= 0.3 is 0 Å². The Morgan fingerprint density at radius 1 is 0.655 bits per heavy atom. The first kappa shape index (κ1) is 23.4. The molecule has 2 heterocycles. The molecule has 2 aromatic rings. The highest BCUT2D eigenvalue weighted by atomic mass is 16.5. The highest BCUT2D eigenvalue weighted by Crippen LogP contribution is 2.19. The van der Waals surface area contributed by atoms with Crippen LogP contribution in [0.2, 0.25) is 0 Å². The summed E-state index contributed by atoms with van der Waals surface area (Å²) < 4.78 is 5.80. The molecule has 5 heteroatoms. The van der Waals surface area contributed by atoms with Crippen LogP contribution >= 0.6 is 0 Å². The first-order valence-electron chi connectivity index (χ1n) is 10.9. The molecule has 5 nitrogen and oxygen atoms in total. The largest absolute Gasteiger partial charge is 0.381 e. The van der Waals surface area contributed by atoms with Gasteiger partial charge in [0.15, 0.2) is 0 Å². The van der Waals surface area contributed by atoms with Crippen LogP contribution in [0.15, 0.2) is 24.5 Å². The number of aromatic nitrogens is 4. The van der Waals surface area contributed by atoms with Crippen molar-refractivity contribution >= 4 is 0 Å². The van der Waals surface area contributed by atoms with Crippen molar-refractivity contribution in [2.75, 3.05) is 13.2 Å². The number of ether oxygens (including phenoxy) is 1. The zero-order chi connectivity index (χ0) is 21.3. The molecule has 0 unspecified atom stereocenters. The molecule has 0 aliphatic carbocycles. The lowest BCUT2D eigenvalue weighted by atomic mass is 9.95. The van der Waals surface area contributed by atoms with Crippen molar-refractivity contribution in [2.24, 2.45) is 0 Å². The predicted octanol–water partition coefficient (Wildman–Crippen LogP) is 5.22. The molecule has 0 bridgehead atoms. The molecule has 0 N–H and O–H groups in total. The highest BCUT2D eigenvalue weighted by Gasteiger charge is 2.18. The first-order chi connectivity index (χ1) is 13.7. The summed E-state index contributed by atoms with van der Waals surface area (Å²) in [6.45, 7) is 14.5. The van der Waals surface area contributed by atoms with Crippen molar-refractivity contribution in [2.45, 2.75) is 90.9 Å². The summed E-state index contributed by atoms with van der Waals surface area (Å²) >= 11 is 0. The summed E-state index contributed by atoms with van der Waals surface area (Å²) in [4.78, 5) is 18.2. The third kappa shape index (κ3) is 8.57. The fraction of sp³-hybridized carbons (Fsp3) is 0.667. The molecule has 0 aliphatic rings. The van der Waals surface area contributed by atoms with Gasteiger partial charge in [-0.05, 0) is 50.7 Å². The molecular weight excluding hydrogens is 360 g/mol. The van der Waals surface area contributed by atoms with Gasteiger partial charge in [-0.15, -0.1) is 0 Å². The van der Waals surface area contributed by atoms with E-state index in [1.54, 1.807) is 0 Å². The van der Waals surface area contributed by atoms with Crippen LogP contribution in [0.4, 0.5) is 0 Å². The quantitative estimate of drug-likeness (QED) is 0.513. The second-order valence-corrected chi connectivity index (χ2v) is 9.77. The van der Waals surface area contributed by atoms with Crippen LogP contribution in [-0.4, -0.2) is 33.1 Å². The third-order valence-electron chi connectivity index (χ3n) is 4.71. The second-order valence-electron chi connectivity index (χ2n) is 9.77. The average molecular weight is 399 g/mol. The van der Waals surface area contributed by atoms with Crippen LogP contribution in [0.5, 0.6) is 0 Å². The first-order valence-corrected chi connectivity index (χ1v) is 10.9. The van der Waals surface area contributed by atoms with Crippen molar-refractivity contribution in [1.82, 2.24) is 19.9 Å². The second kappa shape index (κ2) is 10.8. The summed E-state index contributed by atoms with van der Waals surface area (Å²) in [7, 11) is 0. The maximum absolute atomic E-state index is 5.80. The molecule has 0 saturated heterocycles. The molecular formula is C24H38N4O. The van der Waals surface area contributed by atoms with Crippen molar-refractivity contribution < 1.29 is 4.74 Å². The number of unbranched alkanes of at least 4 members (excludes halogenated alkanes) is 2. The van der Waals surface area contributed by atoms with E-state index in [0.29, 0.717) is 0 Å². The van der Waals surface area contributed by atoms with Gasteiger partial charge in [0.25, 0.3) is 0 Å². The molecule has 2 rings (SSSR count). The van der Waals surface area contributed by atoms with E-state index in [0.717, 1.165) is 74.8 Å². The van der Waals surface area contributed by atoms with Gasteiger partial charge in [-0.3, -0.25) is 0 Å². The Morgan fingerprint density at radius 2 is 1.07 bits per heavy atom. The fourth-order valence-corrected chi connectivity index (χ4v) is 2.92. The van der Waals surface area contributed by atoms with Crippen LogP contribution in [0.3, 0.4) is 0 Å². The summed E-state index contributed by atoms with van der Waals surface area (Å²) in [6.07, 6.45) is 10.0.